The SMILES string of the molecule is CCOC(=O)C(C)Nc1ncnc(OC)c1C. The van der Waals surface area contributed by atoms with E-state index >= 15 is 0 Å². The van der Waals surface area contributed by atoms with Crippen molar-refractivity contribution in [3.05, 3.63) is 11.9 Å². The lowest BCUT2D eigenvalue weighted by molar-refractivity contribution is -0.143. The lowest BCUT2D eigenvalue weighted by Crippen LogP contribution is -2.29. The number of carbonyl (C=O) groups is 1. The van der Waals surface area contributed by atoms with Crippen molar-refractivity contribution < 1.29 is 14.3 Å². The number of hydrogen-bond acceptors (Lipinski definition) is 6. The molecule has 0 aromatic carbocycles. The van der Waals surface area contributed by atoms with Crippen LogP contribution in [-0.2, 0) is 9.53 Å². The highest BCUT2D eigenvalue weighted by Crippen LogP contribution is 2.20. The highest BCUT2D eigenvalue weighted by atomic mass is 16.5. The molecule has 0 amide bonds. The van der Waals surface area contributed by atoms with Crippen LogP contribution in [-0.4, -0.2) is 35.7 Å². The Bertz CT molecular complexity index is 396. The molecule has 0 fully saturated rings. The number of hydrogen-bond donors (Lipinski definition) is 1. The van der Waals surface area contributed by atoms with Crippen LogP contribution in [0.15, 0.2) is 6.33 Å². The zero-order valence-corrected chi connectivity index (χ0v) is 10.5. The molecule has 1 N–H and O–H groups in total. The topological polar surface area (TPSA) is 73.3 Å². The maximum atomic E-state index is 11.5. The molecular formula is C11H17N3O3. The monoisotopic (exact) mass is 239 g/mol. The van der Waals surface area contributed by atoms with Crippen LogP contribution in [0, 0.1) is 6.92 Å². The molecule has 0 saturated carbocycles. The molecule has 0 aliphatic carbocycles. The van der Waals surface area contributed by atoms with E-state index in [1.54, 1.807) is 13.8 Å². The predicted molar refractivity (Wildman–Crippen MR) is 63.0 cm³/mol. The number of aromatic nitrogens is 2. The van der Waals surface area contributed by atoms with Gasteiger partial charge >= 0.3 is 5.97 Å². The zero-order chi connectivity index (χ0) is 12.8. The Morgan fingerprint density at radius 2 is 2.24 bits per heavy atom. The first kappa shape index (κ1) is 13.2. The van der Waals surface area contributed by atoms with Crippen molar-refractivity contribution in [3.63, 3.8) is 0 Å². The minimum absolute atomic E-state index is 0.315. The van der Waals surface area contributed by atoms with E-state index in [4.69, 9.17) is 9.47 Å². The van der Waals surface area contributed by atoms with Gasteiger partial charge < -0.3 is 14.8 Å². The van der Waals surface area contributed by atoms with Crippen molar-refractivity contribution in [2.75, 3.05) is 19.0 Å². The molecule has 1 rings (SSSR count). The van der Waals surface area contributed by atoms with Crippen molar-refractivity contribution in [2.24, 2.45) is 0 Å². The van der Waals surface area contributed by atoms with E-state index in [2.05, 4.69) is 15.3 Å². The normalized spacial score (nSPS) is 11.8. The summed E-state index contributed by atoms with van der Waals surface area (Å²) in [6.45, 7) is 5.66. The van der Waals surface area contributed by atoms with Crippen molar-refractivity contribution in [3.8, 4) is 5.88 Å². The molecule has 1 heterocycles. The van der Waals surface area contributed by atoms with Gasteiger partial charge in [0.15, 0.2) is 0 Å². The third-order valence-corrected chi connectivity index (χ3v) is 2.22. The Morgan fingerprint density at radius 3 is 2.82 bits per heavy atom. The zero-order valence-electron chi connectivity index (χ0n) is 10.5. The summed E-state index contributed by atoms with van der Waals surface area (Å²) in [4.78, 5) is 19.5. The van der Waals surface area contributed by atoms with E-state index in [0.29, 0.717) is 18.3 Å². The molecule has 0 aliphatic rings. The molecule has 6 heteroatoms. The third kappa shape index (κ3) is 3.30. The molecule has 1 unspecified atom stereocenters. The largest absolute Gasteiger partial charge is 0.481 e. The lowest BCUT2D eigenvalue weighted by atomic mass is 10.3. The van der Waals surface area contributed by atoms with Gasteiger partial charge in [-0.15, -0.1) is 0 Å². The van der Waals surface area contributed by atoms with Gasteiger partial charge in [-0.1, -0.05) is 0 Å². The van der Waals surface area contributed by atoms with Crippen LogP contribution in [0.2, 0.25) is 0 Å². The number of rotatable bonds is 5. The summed E-state index contributed by atoms with van der Waals surface area (Å²) in [5.74, 6) is 0.737. The molecule has 1 aromatic rings. The van der Waals surface area contributed by atoms with Gasteiger partial charge in [0, 0.05) is 0 Å². The van der Waals surface area contributed by atoms with E-state index in [1.165, 1.54) is 13.4 Å². The summed E-state index contributed by atoms with van der Waals surface area (Å²) in [6, 6.07) is -0.465. The van der Waals surface area contributed by atoms with Gasteiger partial charge in [-0.25, -0.2) is 14.8 Å². The van der Waals surface area contributed by atoms with E-state index in [1.807, 2.05) is 6.92 Å². The third-order valence-electron chi connectivity index (χ3n) is 2.22. The van der Waals surface area contributed by atoms with Gasteiger partial charge in [0.05, 0.1) is 19.3 Å². The van der Waals surface area contributed by atoms with Crippen LogP contribution in [0.1, 0.15) is 19.4 Å². The van der Waals surface area contributed by atoms with Gasteiger partial charge in [-0.3, -0.25) is 0 Å². The summed E-state index contributed by atoms with van der Waals surface area (Å²) in [5.41, 5.74) is 0.756. The molecular weight excluding hydrogens is 222 g/mol. The maximum Gasteiger partial charge on any atom is 0.328 e. The van der Waals surface area contributed by atoms with Gasteiger partial charge in [-0.2, -0.15) is 0 Å². The van der Waals surface area contributed by atoms with Gasteiger partial charge in [0.1, 0.15) is 18.2 Å². The summed E-state index contributed by atoms with van der Waals surface area (Å²) in [5, 5.41) is 2.96. The average molecular weight is 239 g/mol. The van der Waals surface area contributed by atoms with Crippen molar-refractivity contribution in [1.82, 2.24) is 9.97 Å². The second-order valence-corrected chi connectivity index (χ2v) is 3.47. The molecule has 94 valence electrons. The second kappa shape index (κ2) is 6.03. The number of ether oxygens (including phenoxy) is 2. The Balaban J connectivity index is 2.78. The minimum atomic E-state index is -0.465. The molecule has 6 nitrogen and oxygen atoms in total. The first-order valence-electron chi connectivity index (χ1n) is 5.38. The number of anilines is 1. The number of nitrogens with one attached hydrogen (secondary N) is 1. The van der Waals surface area contributed by atoms with Crippen molar-refractivity contribution in [1.29, 1.82) is 0 Å². The highest BCUT2D eigenvalue weighted by Gasteiger charge is 2.16. The first-order chi connectivity index (χ1) is 8.10. The van der Waals surface area contributed by atoms with E-state index < -0.39 is 6.04 Å². The number of nitrogens with zero attached hydrogens (tertiary/aromatic N) is 2. The van der Waals surface area contributed by atoms with E-state index in [-0.39, 0.29) is 5.97 Å². The molecule has 0 radical (unpaired) electrons. The van der Waals surface area contributed by atoms with Crippen LogP contribution in [0.3, 0.4) is 0 Å². The van der Waals surface area contributed by atoms with Gasteiger partial charge in [0.25, 0.3) is 0 Å². The first-order valence-corrected chi connectivity index (χ1v) is 5.38. The van der Waals surface area contributed by atoms with Crippen LogP contribution < -0.4 is 10.1 Å². The quantitative estimate of drug-likeness (QED) is 0.777. The van der Waals surface area contributed by atoms with Crippen molar-refractivity contribution in [2.45, 2.75) is 26.8 Å². The molecule has 0 bridgehead atoms. The molecule has 0 aliphatic heterocycles. The Hall–Kier alpha value is -1.85. The lowest BCUT2D eigenvalue weighted by Gasteiger charge is -2.15. The summed E-state index contributed by atoms with van der Waals surface area (Å²) < 4.78 is 9.96. The van der Waals surface area contributed by atoms with E-state index in [0.717, 1.165) is 5.56 Å². The molecule has 17 heavy (non-hydrogen) atoms. The maximum absolute atomic E-state index is 11.5. The Kier molecular flexibility index (Phi) is 4.68. The van der Waals surface area contributed by atoms with Crippen LogP contribution >= 0.6 is 0 Å². The Labute approximate surface area is 100 Å². The number of methoxy groups -OCH3 is 1. The fourth-order valence-corrected chi connectivity index (χ4v) is 1.32. The van der Waals surface area contributed by atoms with Crippen molar-refractivity contribution >= 4 is 11.8 Å². The summed E-state index contributed by atoms with van der Waals surface area (Å²) in [6.07, 6.45) is 1.38. The summed E-state index contributed by atoms with van der Waals surface area (Å²) >= 11 is 0. The van der Waals surface area contributed by atoms with Gasteiger partial charge in [0.2, 0.25) is 5.88 Å². The number of esters is 1. The smallest absolute Gasteiger partial charge is 0.328 e. The van der Waals surface area contributed by atoms with Gasteiger partial charge in [-0.05, 0) is 20.8 Å². The fraction of sp³-hybridized carbons (Fsp3) is 0.545. The minimum Gasteiger partial charge on any atom is -0.481 e. The van der Waals surface area contributed by atoms with E-state index in [9.17, 15) is 4.79 Å². The molecule has 1 atom stereocenters. The number of carbonyl (C=O) groups excluding carboxylic acids is 1. The van der Waals surface area contributed by atoms with Crippen LogP contribution in [0.4, 0.5) is 5.82 Å². The fourth-order valence-electron chi connectivity index (χ4n) is 1.32. The van der Waals surface area contributed by atoms with Crippen LogP contribution in [0.5, 0.6) is 5.88 Å². The molecule has 0 spiro atoms. The van der Waals surface area contributed by atoms with Crippen LogP contribution in [0.25, 0.3) is 0 Å². The Morgan fingerprint density at radius 1 is 1.53 bits per heavy atom. The average Bonchev–Trinajstić information content (AvgIpc) is 2.32. The molecule has 1 aromatic heterocycles. The predicted octanol–water partition coefficient (Wildman–Crippen LogP) is 1.16. The highest BCUT2D eigenvalue weighted by molar-refractivity contribution is 5.78. The second-order valence-electron chi connectivity index (χ2n) is 3.47. The summed E-state index contributed by atoms with van der Waals surface area (Å²) in [7, 11) is 1.54. The molecule has 0 saturated heterocycles. The standard InChI is InChI=1S/C11H17N3O3/c1-5-17-11(15)8(3)14-9-7(2)10(16-4)13-6-12-9/h6,8H,5H2,1-4H3,(H,12,13,14).